The van der Waals surface area contributed by atoms with Gasteiger partial charge in [-0.3, -0.25) is 4.90 Å². The highest BCUT2D eigenvalue weighted by Gasteiger charge is 2.27. The summed E-state index contributed by atoms with van der Waals surface area (Å²) in [5.74, 6) is 0. The second-order valence-corrected chi connectivity index (χ2v) is 5.96. The second-order valence-electron chi connectivity index (χ2n) is 5.96. The van der Waals surface area contributed by atoms with E-state index in [0.717, 1.165) is 5.57 Å². The van der Waals surface area contributed by atoms with Crippen LogP contribution in [0.1, 0.15) is 41.5 Å². The van der Waals surface area contributed by atoms with Crippen LogP contribution in [0.3, 0.4) is 0 Å². The molecular weight excluding hydrogens is 214 g/mol. The molecule has 0 aromatic rings. The smallest absolute Gasteiger partial charge is 0.414 e. The largest absolute Gasteiger partial charge is 0.443 e. The number of rotatable bonds is 4. The Kier molecular flexibility index (Phi) is 4.99. The van der Waals surface area contributed by atoms with E-state index < -0.39 is 5.60 Å². The van der Waals surface area contributed by atoms with Crippen LogP contribution in [-0.4, -0.2) is 23.1 Å². The third-order valence-electron chi connectivity index (χ3n) is 2.57. The Balaban J connectivity index is 4.71. The van der Waals surface area contributed by atoms with E-state index in [1.807, 2.05) is 41.5 Å². The van der Waals surface area contributed by atoms with Crippen molar-refractivity contribution >= 4 is 6.09 Å². The Morgan fingerprint density at radius 2 is 1.76 bits per heavy atom. The lowest BCUT2D eigenvalue weighted by atomic mass is 9.86. The van der Waals surface area contributed by atoms with Gasteiger partial charge in [0.1, 0.15) is 5.60 Å². The summed E-state index contributed by atoms with van der Waals surface area (Å²) in [5, 5.41) is 0. The van der Waals surface area contributed by atoms with Gasteiger partial charge < -0.3 is 4.74 Å². The van der Waals surface area contributed by atoms with E-state index in [2.05, 4.69) is 13.2 Å². The first-order valence-electron chi connectivity index (χ1n) is 5.78. The van der Waals surface area contributed by atoms with Crippen LogP contribution in [0.5, 0.6) is 0 Å². The number of carbonyl (C=O) groups excluding carboxylic acids is 1. The number of hydrogen-bond acceptors (Lipinski definition) is 2. The predicted molar refractivity (Wildman–Crippen MR) is 71.7 cm³/mol. The highest BCUT2D eigenvalue weighted by Crippen LogP contribution is 2.26. The second kappa shape index (κ2) is 5.39. The van der Waals surface area contributed by atoms with Crippen LogP contribution < -0.4 is 0 Å². The van der Waals surface area contributed by atoms with Gasteiger partial charge in [0.25, 0.3) is 0 Å². The molecule has 0 aliphatic heterocycles. The zero-order valence-electron chi connectivity index (χ0n) is 12.0. The van der Waals surface area contributed by atoms with Gasteiger partial charge in [0.2, 0.25) is 0 Å². The van der Waals surface area contributed by atoms with E-state index in [0.29, 0.717) is 6.54 Å². The Morgan fingerprint density at radius 3 is 2.06 bits per heavy atom. The van der Waals surface area contributed by atoms with Gasteiger partial charge in [0.05, 0.1) is 0 Å². The molecule has 0 saturated heterocycles. The molecule has 0 atom stereocenters. The summed E-state index contributed by atoms with van der Waals surface area (Å²) in [7, 11) is 0. The van der Waals surface area contributed by atoms with E-state index in [1.54, 1.807) is 0 Å². The third kappa shape index (κ3) is 5.57. The maximum absolute atomic E-state index is 11.9. The van der Waals surface area contributed by atoms with Crippen molar-refractivity contribution < 1.29 is 9.53 Å². The number of amides is 1. The van der Waals surface area contributed by atoms with Crippen molar-refractivity contribution in [3.05, 3.63) is 24.9 Å². The fourth-order valence-electron chi connectivity index (χ4n) is 1.09. The van der Waals surface area contributed by atoms with E-state index in [1.165, 1.54) is 11.1 Å². The van der Waals surface area contributed by atoms with Crippen molar-refractivity contribution in [2.24, 2.45) is 5.41 Å². The summed E-state index contributed by atoms with van der Waals surface area (Å²) in [6, 6.07) is 0. The molecule has 0 fully saturated rings. The molecule has 0 aromatic carbocycles. The quantitative estimate of drug-likeness (QED) is 0.695. The topological polar surface area (TPSA) is 29.5 Å². The van der Waals surface area contributed by atoms with Crippen molar-refractivity contribution in [2.45, 2.75) is 47.1 Å². The molecule has 0 heterocycles. The minimum Gasteiger partial charge on any atom is -0.443 e. The van der Waals surface area contributed by atoms with Crippen LogP contribution in [0, 0.1) is 5.41 Å². The van der Waals surface area contributed by atoms with Gasteiger partial charge in [-0.1, -0.05) is 32.6 Å². The molecule has 0 aliphatic rings. The van der Waals surface area contributed by atoms with Crippen molar-refractivity contribution in [3.8, 4) is 0 Å². The summed E-state index contributed by atoms with van der Waals surface area (Å²) >= 11 is 0. The Hall–Kier alpha value is -1.25. The molecule has 0 bridgehead atoms. The SMILES string of the molecule is C=CN(CC(C)(C)C(=C)C)C(=O)OC(C)(C)C. The van der Waals surface area contributed by atoms with Crippen molar-refractivity contribution in [3.63, 3.8) is 0 Å². The first kappa shape index (κ1) is 15.8. The van der Waals surface area contributed by atoms with Crippen LogP contribution in [-0.2, 0) is 4.74 Å². The predicted octanol–water partition coefficient (Wildman–Crippen LogP) is 3.97. The molecule has 0 aliphatic carbocycles. The zero-order valence-corrected chi connectivity index (χ0v) is 12.0. The minimum atomic E-state index is -0.494. The molecule has 0 spiro atoms. The summed E-state index contributed by atoms with van der Waals surface area (Å²) in [6.07, 6.45) is 1.13. The standard InChI is InChI=1S/C14H25NO2/c1-9-15(10-14(7,8)11(2)3)12(16)17-13(4,5)6/h9H,1-2,10H2,3-8H3. The lowest BCUT2D eigenvalue weighted by molar-refractivity contribution is 0.0296. The zero-order chi connectivity index (χ0) is 13.9. The van der Waals surface area contributed by atoms with E-state index in [9.17, 15) is 4.79 Å². The average Bonchev–Trinajstić information content (AvgIpc) is 2.10. The lowest BCUT2D eigenvalue weighted by Crippen LogP contribution is -2.39. The van der Waals surface area contributed by atoms with Crippen molar-refractivity contribution in [2.75, 3.05) is 6.54 Å². The van der Waals surface area contributed by atoms with Crippen LogP contribution >= 0.6 is 0 Å². The maximum atomic E-state index is 11.9. The highest BCUT2D eigenvalue weighted by molar-refractivity contribution is 5.69. The van der Waals surface area contributed by atoms with Crippen LogP contribution in [0.15, 0.2) is 24.9 Å². The monoisotopic (exact) mass is 239 g/mol. The first-order chi connectivity index (χ1) is 7.49. The fourth-order valence-corrected chi connectivity index (χ4v) is 1.09. The Labute approximate surface area is 105 Å². The van der Waals surface area contributed by atoms with E-state index in [-0.39, 0.29) is 11.5 Å². The van der Waals surface area contributed by atoms with E-state index >= 15 is 0 Å². The number of hydrogen-bond donors (Lipinski definition) is 0. The van der Waals surface area contributed by atoms with Crippen molar-refractivity contribution in [1.29, 1.82) is 0 Å². The molecule has 3 heteroatoms. The van der Waals surface area contributed by atoms with Gasteiger partial charge in [-0.15, -0.1) is 0 Å². The fraction of sp³-hybridized carbons (Fsp3) is 0.643. The van der Waals surface area contributed by atoms with E-state index in [4.69, 9.17) is 4.74 Å². The summed E-state index contributed by atoms with van der Waals surface area (Å²) in [4.78, 5) is 13.4. The van der Waals surface area contributed by atoms with Crippen LogP contribution in [0.2, 0.25) is 0 Å². The molecule has 1 amide bonds. The van der Waals surface area contributed by atoms with Crippen LogP contribution in [0.4, 0.5) is 4.79 Å². The average molecular weight is 239 g/mol. The highest BCUT2D eigenvalue weighted by atomic mass is 16.6. The minimum absolute atomic E-state index is 0.162. The molecule has 0 rings (SSSR count). The van der Waals surface area contributed by atoms with Gasteiger partial charge in [-0.2, -0.15) is 0 Å². The van der Waals surface area contributed by atoms with Gasteiger partial charge >= 0.3 is 6.09 Å². The summed E-state index contributed by atoms with van der Waals surface area (Å²) in [6.45, 7) is 19.7. The van der Waals surface area contributed by atoms with Gasteiger partial charge in [-0.05, 0) is 27.7 Å². The molecule has 17 heavy (non-hydrogen) atoms. The summed E-state index contributed by atoms with van der Waals surface area (Å²) < 4.78 is 5.30. The number of ether oxygens (including phenoxy) is 1. The van der Waals surface area contributed by atoms with Gasteiger partial charge in [0, 0.05) is 18.2 Å². The van der Waals surface area contributed by atoms with Crippen molar-refractivity contribution in [1.82, 2.24) is 4.90 Å². The third-order valence-corrected chi connectivity index (χ3v) is 2.57. The Bertz CT molecular complexity index is 311. The maximum Gasteiger partial charge on any atom is 0.414 e. The van der Waals surface area contributed by atoms with Gasteiger partial charge in [-0.25, -0.2) is 4.79 Å². The summed E-state index contributed by atoms with van der Waals surface area (Å²) in [5.41, 5.74) is 0.365. The molecule has 0 aromatic heterocycles. The molecule has 0 radical (unpaired) electrons. The molecule has 0 saturated carbocycles. The first-order valence-corrected chi connectivity index (χ1v) is 5.78. The molecule has 98 valence electrons. The molecule has 0 unspecified atom stereocenters. The normalized spacial score (nSPS) is 11.9. The van der Waals surface area contributed by atoms with Gasteiger partial charge in [0.15, 0.2) is 0 Å². The number of nitrogens with zero attached hydrogens (tertiary/aromatic N) is 1. The molecule has 0 N–H and O–H groups in total. The molecule has 3 nitrogen and oxygen atoms in total. The molecular formula is C14H25NO2. The lowest BCUT2D eigenvalue weighted by Gasteiger charge is -2.32. The van der Waals surface area contributed by atoms with Crippen LogP contribution in [0.25, 0.3) is 0 Å². The Morgan fingerprint density at radius 1 is 1.29 bits per heavy atom. The number of carbonyl (C=O) groups is 1.